The topological polar surface area (TPSA) is 84.0 Å². The Morgan fingerprint density at radius 2 is 1.77 bits per heavy atom. The van der Waals surface area contributed by atoms with Crippen molar-refractivity contribution in [3.63, 3.8) is 0 Å². The number of amides is 3. The molecule has 0 spiro atoms. The Morgan fingerprint density at radius 1 is 1.04 bits per heavy atom. The van der Waals surface area contributed by atoms with E-state index in [4.69, 9.17) is 0 Å². The number of urea groups is 1. The van der Waals surface area contributed by atoms with Crippen LogP contribution in [0.2, 0.25) is 0 Å². The first-order valence-electron chi connectivity index (χ1n) is 7.73. The molecular weight excluding hydrogens is 388 g/mol. The molecule has 0 aliphatic rings. The van der Waals surface area contributed by atoms with Crippen molar-refractivity contribution in [2.45, 2.75) is 14.4 Å². The summed E-state index contributed by atoms with van der Waals surface area (Å²) in [6.07, 6.45) is 0. The van der Waals surface area contributed by atoms with Crippen LogP contribution in [0.5, 0.6) is 0 Å². The van der Waals surface area contributed by atoms with E-state index in [9.17, 15) is 9.59 Å². The zero-order valence-corrected chi connectivity index (χ0v) is 16.3. The minimum Gasteiger partial charge on any atom is -0.341 e. The predicted octanol–water partition coefficient (Wildman–Crippen LogP) is 3.53. The molecule has 0 aliphatic carbocycles. The monoisotopic (exact) mass is 404 g/mol. The molecule has 3 rings (SSSR count). The molecule has 3 amide bonds. The first-order valence-corrected chi connectivity index (χ1v) is 10.5. The van der Waals surface area contributed by atoms with Crippen LogP contribution in [0, 0.1) is 0 Å². The summed E-state index contributed by atoms with van der Waals surface area (Å²) in [6, 6.07) is 14.1. The average molecular weight is 405 g/mol. The van der Waals surface area contributed by atoms with Gasteiger partial charge in [-0.1, -0.05) is 77.3 Å². The van der Waals surface area contributed by atoms with Crippen molar-refractivity contribution in [3.8, 4) is 0 Å². The average Bonchev–Trinajstić information content (AvgIpc) is 3.12. The molecule has 0 bridgehead atoms. The molecule has 0 fully saturated rings. The second-order valence-corrected chi connectivity index (χ2v) is 8.60. The third kappa shape index (κ3) is 4.96. The molecule has 6 nitrogen and oxygen atoms in total. The Bertz CT molecular complexity index is 924. The number of carbonyl (C=O) groups excluding carboxylic acids is 2. The second kappa shape index (κ2) is 9.02. The van der Waals surface area contributed by atoms with Crippen LogP contribution in [0.1, 0.15) is 5.56 Å². The van der Waals surface area contributed by atoms with Crippen molar-refractivity contribution in [1.82, 2.24) is 20.8 Å². The first-order chi connectivity index (χ1) is 12.7. The Hall–Kier alpha value is -2.10. The highest BCUT2D eigenvalue weighted by molar-refractivity contribution is 8.03. The standard InChI is InChI=1S/C17H16N4O2S3/c1-18-15(23)19-14(22)10-25-17-21-20-16(26-17)24-9-12-7-4-6-11-5-2-3-8-13(11)12/h2-8H,9-10H2,1H3,(H2,18,19,22,23). The van der Waals surface area contributed by atoms with Gasteiger partial charge in [-0.15, -0.1) is 10.2 Å². The van der Waals surface area contributed by atoms with Crippen molar-refractivity contribution in [3.05, 3.63) is 48.0 Å². The van der Waals surface area contributed by atoms with Crippen molar-refractivity contribution >= 4 is 57.6 Å². The molecule has 0 aliphatic heterocycles. The summed E-state index contributed by atoms with van der Waals surface area (Å²) >= 11 is 4.34. The predicted molar refractivity (Wildman–Crippen MR) is 107 cm³/mol. The van der Waals surface area contributed by atoms with Crippen molar-refractivity contribution in [2.24, 2.45) is 0 Å². The quantitative estimate of drug-likeness (QED) is 0.612. The van der Waals surface area contributed by atoms with E-state index >= 15 is 0 Å². The van der Waals surface area contributed by atoms with Crippen LogP contribution >= 0.6 is 34.9 Å². The summed E-state index contributed by atoms with van der Waals surface area (Å²) in [5, 5.41) is 15.3. The number of thioether (sulfide) groups is 2. The maximum atomic E-state index is 11.6. The number of benzene rings is 2. The highest BCUT2D eigenvalue weighted by Gasteiger charge is 2.11. The summed E-state index contributed by atoms with van der Waals surface area (Å²) in [6.45, 7) is 0. The molecule has 0 atom stereocenters. The van der Waals surface area contributed by atoms with E-state index < -0.39 is 6.03 Å². The normalized spacial score (nSPS) is 10.7. The molecule has 26 heavy (non-hydrogen) atoms. The van der Waals surface area contributed by atoms with E-state index in [0.29, 0.717) is 4.34 Å². The lowest BCUT2D eigenvalue weighted by Crippen LogP contribution is -2.38. The number of nitrogens with zero attached hydrogens (tertiary/aromatic N) is 2. The fourth-order valence-corrected chi connectivity index (χ4v) is 5.05. The summed E-state index contributed by atoms with van der Waals surface area (Å²) in [5.41, 5.74) is 1.25. The van der Waals surface area contributed by atoms with Gasteiger partial charge in [-0.05, 0) is 16.3 Å². The van der Waals surface area contributed by atoms with Crippen molar-refractivity contribution in [1.29, 1.82) is 0 Å². The molecule has 0 unspecified atom stereocenters. The highest BCUT2D eigenvalue weighted by atomic mass is 32.2. The van der Waals surface area contributed by atoms with E-state index in [0.717, 1.165) is 10.1 Å². The molecule has 3 aromatic rings. The first kappa shape index (κ1) is 18.7. The van der Waals surface area contributed by atoms with Crippen LogP contribution in [-0.2, 0) is 10.5 Å². The number of fused-ring (bicyclic) bond motifs is 1. The van der Waals surface area contributed by atoms with Gasteiger partial charge in [0.15, 0.2) is 8.68 Å². The van der Waals surface area contributed by atoms with Gasteiger partial charge in [-0.2, -0.15) is 0 Å². The van der Waals surface area contributed by atoms with Gasteiger partial charge in [-0.25, -0.2) is 4.79 Å². The lowest BCUT2D eigenvalue weighted by Gasteiger charge is -2.04. The van der Waals surface area contributed by atoms with Gasteiger partial charge in [0, 0.05) is 12.8 Å². The van der Waals surface area contributed by atoms with Crippen LogP contribution in [-0.4, -0.2) is 34.9 Å². The third-order valence-corrected chi connectivity index (χ3v) is 6.66. The Balaban J connectivity index is 1.55. The number of hydrogen-bond acceptors (Lipinski definition) is 7. The molecule has 1 aromatic heterocycles. The van der Waals surface area contributed by atoms with Gasteiger partial charge in [0.2, 0.25) is 5.91 Å². The summed E-state index contributed by atoms with van der Waals surface area (Å²) < 4.78 is 1.56. The second-order valence-electron chi connectivity index (χ2n) is 5.18. The van der Waals surface area contributed by atoms with Crippen LogP contribution in [0.3, 0.4) is 0 Å². The van der Waals surface area contributed by atoms with E-state index in [2.05, 4.69) is 51.2 Å². The molecule has 2 aromatic carbocycles. The largest absolute Gasteiger partial charge is 0.341 e. The van der Waals surface area contributed by atoms with Crippen LogP contribution in [0.15, 0.2) is 51.1 Å². The fraction of sp³-hybridized carbons (Fsp3) is 0.176. The number of nitrogens with one attached hydrogen (secondary N) is 2. The Morgan fingerprint density at radius 3 is 2.58 bits per heavy atom. The van der Waals surface area contributed by atoms with E-state index in [1.54, 1.807) is 11.8 Å². The van der Waals surface area contributed by atoms with Gasteiger partial charge >= 0.3 is 6.03 Å². The fourth-order valence-electron chi connectivity index (χ4n) is 2.22. The molecule has 0 saturated heterocycles. The number of rotatable bonds is 6. The number of carbonyl (C=O) groups is 2. The number of imide groups is 1. The van der Waals surface area contributed by atoms with E-state index in [1.165, 1.54) is 46.5 Å². The molecule has 134 valence electrons. The van der Waals surface area contributed by atoms with Gasteiger partial charge in [0.05, 0.1) is 5.75 Å². The lowest BCUT2D eigenvalue weighted by molar-refractivity contribution is -0.117. The van der Waals surface area contributed by atoms with Crippen molar-refractivity contribution in [2.75, 3.05) is 12.8 Å². The zero-order chi connectivity index (χ0) is 18.4. The maximum absolute atomic E-state index is 11.6. The minimum absolute atomic E-state index is 0.121. The van der Waals surface area contributed by atoms with Gasteiger partial charge in [0.1, 0.15) is 0 Å². The molecule has 2 N–H and O–H groups in total. The van der Waals surface area contributed by atoms with Gasteiger partial charge in [0.25, 0.3) is 0 Å². The Kier molecular flexibility index (Phi) is 6.48. The van der Waals surface area contributed by atoms with Gasteiger partial charge < -0.3 is 5.32 Å². The molecule has 0 saturated carbocycles. The van der Waals surface area contributed by atoms with Crippen molar-refractivity contribution < 1.29 is 9.59 Å². The minimum atomic E-state index is -0.515. The summed E-state index contributed by atoms with van der Waals surface area (Å²) in [7, 11) is 1.46. The molecule has 1 heterocycles. The number of hydrogen-bond donors (Lipinski definition) is 2. The van der Waals surface area contributed by atoms with Crippen LogP contribution in [0.4, 0.5) is 4.79 Å². The van der Waals surface area contributed by atoms with Gasteiger partial charge in [-0.3, -0.25) is 10.1 Å². The Labute approximate surface area is 163 Å². The van der Waals surface area contributed by atoms with E-state index in [-0.39, 0.29) is 11.7 Å². The summed E-state index contributed by atoms with van der Waals surface area (Å²) in [4.78, 5) is 22.7. The highest BCUT2D eigenvalue weighted by Crippen LogP contribution is 2.32. The SMILES string of the molecule is CNC(=O)NC(=O)CSc1nnc(SCc2cccc3ccccc23)s1. The third-order valence-electron chi connectivity index (χ3n) is 3.43. The number of aromatic nitrogens is 2. The maximum Gasteiger partial charge on any atom is 0.321 e. The smallest absolute Gasteiger partial charge is 0.321 e. The zero-order valence-electron chi connectivity index (χ0n) is 13.9. The molecule has 9 heteroatoms. The van der Waals surface area contributed by atoms with E-state index in [1.807, 2.05) is 12.1 Å². The molecule has 0 radical (unpaired) electrons. The lowest BCUT2D eigenvalue weighted by atomic mass is 10.1. The molecular formula is C17H16N4O2S3. The van der Waals surface area contributed by atoms with Crippen LogP contribution < -0.4 is 10.6 Å². The van der Waals surface area contributed by atoms with Crippen LogP contribution in [0.25, 0.3) is 10.8 Å². The summed E-state index contributed by atoms with van der Waals surface area (Å²) in [5.74, 6) is 0.558.